The van der Waals surface area contributed by atoms with Crippen LogP contribution in [0.15, 0.2) is 41.7 Å². The third-order valence-electron chi connectivity index (χ3n) is 2.91. The molecule has 0 amide bonds. The van der Waals surface area contributed by atoms with E-state index in [-0.39, 0.29) is 6.42 Å². The molecule has 104 valence electrons. The van der Waals surface area contributed by atoms with Gasteiger partial charge in [-0.15, -0.1) is 11.8 Å². The lowest BCUT2D eigenvalue weighted by Crippen LogP contribution is -2.16. The number of benzene rings is 1. The van der Waals surface area contributed by atoms with Gasteiger partial charge in [0.1, 0.15) is 18.1 Å². The number of thioether (sulfide) groups is 1. The first-order valence-corrected chi connectivity index (χ1v) is 7.16. The smallest absolute Gasteiger partial charge is 0.312 e. The predicted octanol–water partition coefficient (Wildman–Crippen LogP) is 2.75. The number of hydrogen-bond acceptors (Lipinski definition) is 4. The molecule has 0 aliphatic carbocycles. The van der Waals surface area contributed by atoms with Crippen molar-refractivity contribution in [1.82, 2.24) is 9.97 Å². The van der Waals surface area contributed by atoms with E-state index >= 15 is 0 Å². The summed E-state index contributed by atoms with van der Waals surface area (Å²) in [5, 5.41) is 10.0. The third kappa shape index (κ3) is 3.33. The van der Waals surface area contributed by atoms with Crippen molar-refractivity contribution in [3.8, 4) is 0 Å². The monoisotopic (exact) mass is 292 g/mol. The molecule has 6 heteroatoms. The summed E-state index contributed by atoms with van der Waals surface area (Å²) in [6.45, 7) is 0. The largest absolute Gasteiger partial charge is 0.481 e. The zero-order chi connectivity index (χ0) is 14.5. The Bertz CT molecular complexity index is 622. The summed E-state index contributed by atoms with van der Waals surface area (Å²) in [4.78, 5) is 19.4. The average Bonchev–Trinajstić information content (AvgIpc) is 2.46. The zero-order valence-corrected chi connectivity index (χ0v) is 11.6. The van der Waals surface area contributed by atoms with Crippen molar-refractivity contribution >= 4 is 17.7 Å². The number of rotatable bonds is 5. The maximum atomic E-state index is 13.6. The summed E-state index contributed by atoms with van der Waals surface area (Å²) in [7, 11) is 0. The number of aliphatic carboxylic acids is 1. The molecule has 0 bridgehead atoms. The lowest BCUT2D eigenvalue weighted by Gasteiger charge is -2.12. The van der Waals surface area contributed by atoms with Gasteiger partial charge in [0.05, 0.1) is 10.7 Å². The Morgan fingerprint density at radius 2 is 2.15 bits per heavy atom. The van der Waals surface area contributed by atoms with E-state index in [0.717, 1.165) is 0 Å². The second-order valence-electron chi connectivity index (χ2n) is 4.17. The van der Waals surface area contributed by atoms with Gasteiger partial charge in [-0.1, -0.05) is 18.2 Å². The Morgan fingerprint density at radius 1 is 1.40 bits per heavy atom. The number of carboxylic acid groups (broad SMARTS) is 1. The lowest BCUT2D eigenvalue weighted by molar-refractivity contribution is -0.138. The SMILES string of the molecule is CSc1cc(C(Cc2ccccc2F)C(=O)O)ncn1. The van der Waals surface area contributed by atoms with Crippen molar-refractivity contribution in [3.63, 3.8) is 0 Å². The Hall–Kier alpha value is -1.95. The van der Waals surface area contributed by atoms with Crippen LogP contribution >= 0.6 is 11.8 Å². The Labute approximate surface area is 120 Å². The molecule has 20 heavy (non-hydrogen) atoms. The van der Waals surface area contributed by atoms with Gasteiger partial charge >= 0.3 is 5.97 Å². The molecule has 2 rings (SSSR count). The first kappa shape index (κ1) is 14.5. The standard InChI is InChI=1S/C14H13FN2O2S/c1-20-13-7-12(16-8-17-13)10(14(18)19)6-9-4-2-3-5-11(9)15/h2-5,7-8,10H,6H2,1H3,(H,18,19). The van der Waals surface area contributed by atoms with Gasteiger partial charge in [-0.25, -0.2) is 14.4 Å². The predicted molar refractivity (Wildman–Crippen MR) is 74.3 cm³/mol. The second-order valence-corrected chi connectivity index (χ2v) is 5.00. The quantitative estimate of drug-likeness (QED) is 0.678. The van der Waals surface area contributed by atoms with E-state index < -0.39 is 17.7 Å². The van der Waals surface area contributed by atoms with Crippen molar-refractivity contribution in [2.75, 3.05) is 6.26 Å². The van der Waals surface area contributed by atoms with Crippen LogP contribution in [0, 0.1) is 5.82 Å². The molecule has 1 heterocycles. The van der Waals surface area contributed by atoms with E-state index in [2.05, 4.69) is 9.97 Å². The summed E-state index contributed by atoms with van der Waals surface area (Å²) >= 11 is 1.40. The van der Waals surface area contributed by atoms with Gasteiger partial charge in [-0.05, 0) is 30.4 Å². The average molecular weight is 292 g/mol. The van der Waals surface area contributed by atoms with E-state index in [1.54, 1.807) is 24.3 Å². The Kier molecular flexibility index (Phi) is 4.68. The van der Waals surface area contributed by atoms with E-state index in [4.69, 9.17) is 0 Å². The van der Waals surface area contributed by atoms with Crippen LogP contribution in [0.2, 0.25) is 0 Å². The van der Waals surface area contributed by atoms with Crippen LogP contribution in [-0.2, 0) is 11.2 Å². The van der Waals surface area contributed by atoms with E-state index in [9.17, 15) is 14.3 Å². The summed E-state index contributed by atoms with van der Waals surface area (Å²) in [5.74, 6) is -2.32. The highest BCUT2D eigenvalue weighted by atomic mass is 32.2. The molecule has 1 aromatic heterocycles. The molecule has 0 spiro atoms. The number of nitrogens with zero attached hydrogens (tertiary/aromatic N) is 2. The lowest BCUT2D eigenvalue weighted by atomic mass is 9.96. The van der Waals surface area contributed by atoms with Crippen LogP contribution in [-0.4, -0.2) is 27.3 Å². The molecular weight excluding hydrogens is 279 g/mol. The molecule has 0 radical (unpaired) electrons. The summed E-state index contributed by atoms with van der Waals surface area (Å²) in [5.41, 5.74) is 0.754. The molecular formula is C14H13FN2O2S. The number of hydrogen-bond donors (Lipinski definition) is 1. The van der Waals surface area contributed by atoms with Gasteiger partial charge in [-0.3, -0.25) is 4.79 Å². The van der Waals surface area contributed by atoms with Gasteiger partial charge in [0.15, 0.2) is 0 Å². The van der Waals surface area contributed by atoms with Crippen molar-refractivity contribution in [1.29, 1.82) is 0 Å². The minimum atomic E-state index is -1.03. The van der Waals surface area contributed by atoms with Gasteiger partial charge in [-0.2, -0.15) is 0 Å². The molecule has 0 aliphatic rings. The van der Waals surface area contributed by atoms with E-state index in [1.165, 1.54) is 24.2 Å². The highest BCUT2D eigenvalue weighted by Gasteiger charge is 2.23. The molecule has 1 unspecified atom stereocenters. The highest BCUT2D eigenvalue weighted by Crippen LogP contribution is 2.23. The molecule has 0 fully saturated rings. The summed E-state index contributed by atoms with van der Waals surface area (Å²) < 4.78 is 13.6. The van der Waals surface area contributed by atoms with Crippen LogP contribution in [0.25, 0.3) is 0 Å². The molecule has 0 saturated carbocycles. The molecule has 1 N–H and O–H groups in total. The van der Waals surface area contributed by atoms with E-state index in [0.29, 0.717) is 16.3 Å². The maximum Gasteiger partial charge on any atom is 0.312 e. The fraction of sp³-hybridized carbons (Fsp3) is 0.214. The number of carboxylic acids is 1. The Morgan fingerprint density at radius 3 is 2.80 bits per heavy atom. The van der Waals surface area contributed by atoms with Crippen LogP contribution in [0.5, 0.6) is 0 Å². The van der Waals surface area contributed by atoms with Crippen molar-refractivity contribution < 1.29 is 14.3 Å². The van der Waals surface area contributed by atoms with Crippen LogP contribution in [0.1, 0.15) is 17.2 Å². The maximum absolute atomic E-state index is 13.6. The number of aromatic nitrogens is 2. The number of carbonyl (C=O) groups is 1. The van der Waals surface area contributed by atoms with Gasteiger partial charge in [0, 0.05) is 0 Å². The van der Waals surface area contributed by atoms with Gasteiger partial charge < -0.3 is 5.11 Å². The molecule has 2 aromatic rings. The van der Waals surface area contributed by atoms with Crippen LogP contribution in [0.3, 0.4) is 0 Å². The summed E-state index contributed by atoms with van der Waals surface area (Å²) in [6.07, 6.45) is 3.24. The molecule has 0 aliphatic heterocycles. The minimum absolute atomic E-state index is 0.0623. The highest BCUT2D eigenvalue weighted by molar-refractivity contribution is 7.98. The van der Waals surface area contributed by atoms with Crippen molar-refractivity contribution in [2.45, 2.75) is 17.4 Å². The second kappa shape index (κ2) is 6.47. The van der Waals surface area contributed by atoms with Crippen molar-refractivity contribution in [2.24, 2.45) is 0 Å². The topological polar surface area (TPSA) is 63.1 Å². The van der Waals surface area contributed by atoms with Crippen molar-refractivity contribution in [3.05, 3.63) is 53.7 Å². The first-order valence-electron chi connectivity index (χ1n) is 5.94. The number of halogens is 1. The molecule has 0 saturated heterocycles. The molecule has 1 atom stereocenters. The fourth-order valence-corrected chi connectivity index (χ4v) is 2.25. The zero-order valence-electron chi connectivity index (χ0n) is 10.8. The molecule has 4 nitrogen and oxygen atoms in total. The first-order chi connectivity index (χ1) is 9.61. The van der Waals surface area contributed by atoms with Crippen LogP contribution < -0.4 is 0 Å². The fourth-order valence-electron chi connectivity index (χ4n) is 1.86. The molecule has 1 aromatic carbocycles. The normalized spacial score (nSPS) is 12.1. The van der Waals surface area contributed by atoms with Gasteiger partial charge in [0.2, 0.25) is 0 Å². The summed E-state index contributed by atoms with van der Waals surface area (Å²) in [6, 6.07) is 7.80. The van der Waals surface area contributed by atoms with E-state index in [1.807, 2.05) is 6.26 Å². The minimum Gasteiger partial charge on any atom is -0.481 e. The third-order valence-corrected chi connectivity index (χ3v) is 3.55. The van der Waals surface area contributed by atoms with Gasteiger partial charge in [0.25, 0.3) is 0 Å². The Balaban J connectivity index is 2.32. The van der Waals surface area contributed by atoms with Crippen LogP contribution in [0.4, 0.5) is 4.39 Å².